The quantitative estimate of drug-likeness (QED) is 0.417. The molecule has 1 heterocycles. The van der Waals surface area contributed by atoms with Crippen molar-refractivity contribution in [2.75, 3.05) is 14.2 Å². The maximum absolute atomic E-state index is 12.9. The number of aromatic nitrogens is 3. The van der Waals surface area contributed by atoms with Crippen LogP contribution in [0.2, 0.25) is 0 Å². The molecule has 6 heteroatoms. The lowest BCUT2D eigenvalue weighted by Crippen LogP contribution is -2.05. The zero-order valence-electron chi connectivity index (χ0n) is 17.6. The van der Waals surface area contributed by atoms with Crippen molar-refractivity contribution in [2.24, 2.45) is 0 Å². The van der Waals surface area contributed by atoms with Gasteiger partial charge in [-0.1, -0.05) is 35.5 Å². The smallest absolute Gasteiger partial charge is 0.195 e. The van der Waals surface area contributed by atoms with Crippen molar-refractivity contribution in [2.45, 2.75) is 6.54 Å². The molecule has 0 bridgehead atoms. The van der Waals surface area contributed by atoms with Gasteiger partial charge < -0.3 is 9.47 Å². The third-order valence-corrected chi connectivity index (χ3v) is 6.05. The Morgan fingerprint density at radius 1 is 0.781 bits per heavy atom. The molecule has 0 amide bonds. The van der Waals surface area contributed by atoms with E-state index in [1.807, 2.05) is 59.3 Å². The Morgan fingerprint density at radius 2 is 1.41 bits per heavy atom. The number of hydrogen-bond donors (Lipinski definition) is 0. The van der Waals surface area contributed by atoms with Crippen molar-refractivity contribution < 1.29 is 9.47 Å². The van der Waals surface area contributed by atoms with Gasteiger partial charge in [0.05, 0.1) is 26.5 Å². The maximum atomic E-state index is 12.9. The van der Waals surface area contributed by atoms with E-state index in [-0.39, 0.29) is 5.43 Å². The fourth-order valence-corrected chi connectivity index (χ4v) is 4.44. The summed E-state index contributed by atoms with van der Waals surface area (Å²) in [4.78, 5) is 12.9. The van der Waals surface area contributed by atoms with Gasteiger partial charge >= 0.3 is 0 Å². The van der Waals surface area contributed by atoms with Gasteiger partial charge in [-0.25, -0.2) is 4.68 Å². The molecule has 5 aromatic rings. The van der Waals surface area contributed by atoms with Crippen molar-refractivity contribution in [3.05, 3.63) is 82.5 Å². The highest BCUT2D eigenvalue weighted by atomic mass is 16.5. The summed E-state index contributed by atoms with van der Waals surface area (Å²) in [5, 5.41) is 9.11. The number of fused-ring (bicyclic) bond motifs is 8. The zero-order valence-corrected chi connectivity index (χ0v) is 17.6. The molecule has 0 saturated heterocycles. The Hall–Kier alpha value is -4.19. The first-order valence-electron chi connectivity index (χ1n) is 10.3. The fraction of sp³-hybridized carbons (Fsp3) is 0.115. The summed E-state index contributed by atoms with van der Waals surface area (Å²) in [6, 6.07) is 21.7. The maximum Gasteiger partial charge on any atom is 0.195 e. The topological polar surface area (TPSA) is 66.2 Å². The van der Waals surface area contributed by atoms with Gasteiger partial charge in [-0.05, 0) is 53.1 Å². The number of benzene rings is 3. The molecule has 156 valence electrons. The Morgan fingerprint density at radius 3 is 2.06 bits per heavy atom. The van der Waals surface area contributed by atoms with E-state index in [0.29, 0.717) is 18.0 Å². The second kappa shape index (κ2) is 6.92. The Labute approximate surface area is 184 Å². The molecule has 4 aromatic carbocycles. The van der Waals surface area contributed by atoms with Crippen LogP contribution in [-0.2, 0) is 6.54 Å². The molecule has 0 aliphatic heterocycles. The summed E-state index contributed by atoms with van der Waals surface area (Å²) in [7, 11) is 3.27. The van der Waals surface area contributed by atoms with Crippen molar-refractivity contribution in [3.8, 4) is 56.3 Å². The standard InChI is InChI=1S/C26H19N3O3/c1-31-16-8-10-18-20(12-16)24-25(29(28-27-24)14-15-6-4-3-5-7-15)21-13-17(32-2)9-11-19(21)23-22(18)26(23)30/h3-13H,14H2,1-2H3. The molecule has 0 spiro atoms. The normalized spacial score (nSPS) is 11.7. The average molecular weight is 421 g/mol. The van der Waals surface area contributed by atoms with Crippen LogP contribution in [0.25, 0.3) is 44.8 Å². The summed E-state index contributed by atoms with van der Waals surface area (Å²) in [5.74, 6) is 1.41. The first-order valence-corrected chi connectivity index (χ1v) is 10.3. The van der Waals surface area contributed by atoms with E-state index in [0.717, 1.165) is 50.3 Å². The predicted octanol–water partition coefficient (Wildman–Crippen LogP) is 4.56. The van der Waals surface area contributed by atoms with Gasteiger partial charge in [0, 0.05) is 22.3 Å². The van der Waals surface area contributed by atoms with Crippen LogP contribution in [0.4, 0.5) is 0 Å². The predicted molar refractivity (Wildman–Crippen MR) is 123 cm³/mol. The molecule has 0 saturated carbocycles. The fourth-order valence-electron chi connectivity index (χ4n) is 4.44. The van der Waals surface area contributed by atoms with Crippen LogP contribution in [0.15, 0.2) is 71.5 Å². The zero-order chi connectivity index (χ0) is 21.8. The average Bonchev–Trinajstić information content (AvgIpc) is 3.31. The number of hydrogen-bond acceptors (Lipinski definition) is 5. The lowest BCUT2D eigenvalue weighted by molar-refractivity contribution is 0.415. The monoisotopic (exact) mass is 421 g/mol. The molecule has 1 aliphatic carbocycles. The van der Waals surface area contributed by atoms with Gasteiger partial charge in [-0.15, -0.1) is 5.10 Å². The van der Waals surface area contributed by atoms with Crippen molar-refractivity contribution in [1.29, 1.82) is 0 Å². The van der Waals surface area contributed by atoms with Crippen LogP contribution in [0.3, 0.4) is 0 Å². The third-order valence-electron chi connectivity index (χ3n) is 6.05. The minimum Gasteiger partial charge on any atom is -0.497 e. The lowest BCUT2D eigenvalue weighted by atomic mass is 9.91. The number of ether oxygens (including phenoxy) is 2. The van der Waals surface area contributed by atoms with Gasteiger partial charge in [0.2, 0.25) is 0 Å². The van der Waals surface area contributed by atoms with Crippen LogP contribution < -0.4 is 14.9 Å². The minimum atomic E-state index is 0.0653. The van der Waals surface area contributed by atoms with Crippen molar-refractivity contribution >= 4 is 0 Å². The molecule has 6 rings (SSSR count). The van der Waals surface area contributed by atoms with E-state index >= 15 is 0 Å². The molecule has 0 atom stereocenters. The van der Waals surface area contributed by atoms with Gasteiger partial charge in [-0.3, -0.25) is 4.79 Å². The van der Waals surface area contributed by atoms with Gasteiger partial charge in [-0.2, -0.15) is 0 Å². The molecule has 0 N–H and O–H groups in total. The number of methoxy groups -OCH3 is 2. The third kappa shape index (κ3) is 2.69. The highest BCUT2D eigenvalue weighted by Crippen LogP contribution is 2.49. The Bertz CT molecular complexity index is 1490. The van der Waals surface area contributed by atoms with E-state index in [9.17, 15) is 4.79 Å². The second-order valence-electron chi connectivity index (χ2n) is 7.83. The van der Waals surface area contributed by atoms with E-state index in [4.69, 9.17) is 9.47 Å². The van der Waals surface area contributed by atoms with E-state index < -0.39 is 0 Å². The van der Waals surface area contributed by atoms with Crippen LogP contribution in [0.1, 0.15) is 5.56 Å². The lowest BCUT2D eigenvalue weighted by Gasteiger charge is -2.16. The number of rotatable bonds is 4. The van der Waals surface area contributed by atoms with E-state index in [2.05, 4.69) is 22.4 Å². The van der Waals surface area contributed by atoms with Crippen LogP contribution >= 0.6 is 0 Å². The highest BCUT2D eigenvalue weighted by Gasteiger charge is 2.35. The summed E-state index contributed by atoms with van der Waals surface area (Å²) >= 11 is 0. The molecule has 0 unspecified atom stereocenters. The van der Waals surface area contributed by atoms with E-state index in [1.165, 1.54) is 0 Å². The van der Waals surface area contributed by atoms with Gasteiger partial charge in [0.1, 0.15) is 17.2 Å². The van der Waals surface area contributed by atoms with Crippen LogP contribution in [0.5, 0.6) is 11.5 Å². The van der Waals surface area contributed by atoms with Crippen LogP contribution in [-0.4, -0.2) is 29.2 Å². The second-order valence-corrected chi connectivity index (χ2v) is 7.83. The Kier molecular flexibility index (Phi) is 4.01. The number of nitrogens with zero attached hydrogens (tertiary/aromatic N) is 3. The Balaban J connectivity index is 1.67. The molecule has 32 heavy (non-hydrogen) atoms. The summed E-state index contributed by atoms with van der Waals surface area (Å²) < 4.78 is 12.9. The molecular formula is C26H19N3O3. The minimum absolute atomic E-state index is 0.0653. The van der Waals surface area contributed by atoms with Gasteiger partial charge in [0.15, 0.2) is 5.43 Å². The molecule has 6 nitrogen and oxygen atoms in total. The SMILES string of the molecule is COc1ccc2c(c1)-c1nnn(Cc3ccccc3)c1-c1cc(OC)ccc1-c1c-2c1=O. The van der Waals surface area contributed by atoms with E-state index in [1.54, 1.807) is 14.2 Å². The summed E-state index contributed by atoms with van der Waals surface area (Å²) in [5.41, 5.74) is 7.68. The molecule has 1 aromatic heterocycles. The van der Waals surface area contributed by atoms with Crippen molar-refractivity contribution in [3.63, 3.8) is 0 Å². The summed E-state index contributed by atoms with van der Waals surface area (Å²) in [6.07, 6.45) is 0. The van der Waals surface area contributed by atoms with Crippen LogP contribution in [0, 0.1) is 0 Å². The first-order chi connectivity index (χ1) is 15.7. The van der Waals surface area contributed by atoms with Crippen molar-refractivity contribution in [1.82, 2.24) is 15.0 Å². The summed E-state index contributed by atoms with van der Waals surface area (Å²) in [6.45, 7) is 0.555. The first kappa shape index (κ1) is 18.6. The molecular weight excluding hydrogens is 402 g/mol. The van der Waals surface area contributed by atoms with Gasteiger partial charge in [0.25, 0.3) is 0 Å². The molecule has 1 aliphatic rings. The highest BCUT2D eigenvalue weighted by molar-refractivity contribution is 6.07. The molecule has 0 fully saturated rings. The largest absolute Gasteiger partial charge is 0.497 e. The molecule has 0 radical (unpaired) electrons.